The minimum atomic E-state index is 0.353. The second-order valence-corrected chi connectivity index (χ2v) is 8.58. The van der Waals surface area contributed by atoms with Crippen molar-refractivity contribution in [1.82, 2.24) is 10.2 Å². The molecule has 0 radical (unpaired) electrons. The number of nitrogens with one attached hydrogen (secondary N) is 1. The molecule has 1 N–H and O–H groups in total. The number of aryl methyl sites for hydroxylation is 1. The van der Waals surface area contributed by atoms with E-state index in [1.54, 1.807) is 0 Å². The molecule has 0 saturated carbocycles. The summed E-state index contributed by atoms with van der Waals surface area (Å²) in [6, 6.07) is 14.6. The van der Waals surface area contributed by atoms with Crippen LogP contribution in [0.2, 0.25) is 0 Å². The number of fused-ring (bicyclic) bond motifs is 1. The third-order valence-electron chi connectivity index (χ3n) is 6.56. The van der Waals surface area contributed by atoms with Gasteiger partial charge in [0.25, 0.3) is 0 Å². The van der Waals surface area contributed by atoms with Crippen molar-refractivity contribution in [3.63, 3.8) is 0 Å². The van der Waals surface area contributed by atoms with Gasteiger partial charge < -0.3 is 15.0 Å². The number of ether oxygens (including phenoxy) is 1. The van der Waals surface area contributed by atoms with Crippen LogP contribution in [0.4, 0.5) is 11.5 Å². The summed E-state index contributed by atoms with van der Waals surface area (Å²) >= 11 is 0. The monoisotopic (exact) mass is 399 g/mol. The first-order valence-corrected chi connectivity index (χ1v) is 10.4. The van der Waals surface area contributed by atoms with Gasteiger partial charge in [-0.15, -0.1) is 5.10 Å². The van der Waals surface area contributed by atoms with E-state index >= 15 is 0 Å². The van der Waals surface area contributed by atoms with Gasteiger partial charge in [-0.2, -0.15) is 10.4 Å². The molecule has 30 heavy (non-hydrogen) atoms. The lowest BCUT2D eigenvalue weighted by molar-refractivity contribution is 0.131. The minimum Gasteiger partial charge on any atom is -0.381 e. The average Bonchev–Trinajstić information content (AvgIpc) is 3.23. The summed E-state index contributed by atoms with van der Waals surface area (Å²) in [7, 11) is 0. The summed E-state index contributed by atoms with van der Waals surface area (Å²) < 4.78 is 5.62. The predicted octanol–water partition coefficient (Wildman–Crippen LogP) is 3.96. The number of anilines is 2. The van der Waals surface area contributed by atoms with Crippen LogP contribution in [0, 0.1) is 30.6 Å². The van der Waals surface area contributed by atoms with Crippen molar-refractivity contribution in [2.45, 2.75) is 26.8 Å². The van der Waals surface area contributed by atoms with Crippen LogP contribution in [-0.4, -0.2) is 36.5 Å². The molecule has 3 heterocycles. The largest absolute Gasteiger partial charge is 0.381 e. The Kier molecular flexibility index (Phi) is 4.56. The van der Waals surface area contributed by atoms with Crippen molar-refractivity contribution in [3.8, 4) is 6.07 Å². The molecule has 2 fully saturated rings. The summed E-state index contributed by atoms with van der Waals surface area (Å²) in [5.74, 6) is 0.777. The van der Waals surface area contributed by atoms with Crippen LogP contribution in [0.5, 0.6) is 0 Å². The molecule has 0 amide bonds. The molecule has 6 heteroatoms. The zero-order chi connectivity index (χ0) is 20.7. The maximum absolute atomic E-state index is 9.28. The van der Waals surface area contributed by atoms with E-state index in [1.165, 1.54) is 5.69 Å². The number of rotatable bonds is 4. The second-order valence-electron chi connectivity index (χ2n) is 8.58. The fourth-order valence-electron chi connectivity index (χ4n) is 4.62. The molecule has 0 bridgehead atoms. The molecule has 152 valence electrons. The smallest absolute Gasteiger partial charge is 0.156 e. The van der Waals surface area contributed by atoms with E-state index in [2.05, 4.69) is 44.7 Å². The molecular weight excluding hydrogens is 374 g/mol. The molecule has 0 aliphatic carbocycles. The normalized spacial score (nSPS) is 17.2. The third-order valence-corrected chi connectivity index (χ3v) is 6.56. The summed E-state index contributed by atoms with van der Waals surface area (Å²) in [5, 5.41) is 23.7. The van der Waals surface area contributed by atoms with Crippen molar-refractivity contribution in [2.24, 2.45) is 5.41 Å². The maximum atomic E-state index is 9.28. The summed E-state index contributed by atoms with van der Waals surface area (Å²) in [6.07, 6.45) is 1.16. The number of nitriles is 1. The number of nitrogens with zero attached hydrogens (tertiary/aromatic N) is 4. The van der Waals surface area contributed by atoms with Gasteiger partial charge in [-0.05, 0) is 49.6 Å². The summed E-state index contributed by atoms with van der Waals surface area (Å²) in [4.78, 5) is 2.42. The van der Waals surface area contributed by atoms with Gasteiger partial charge in [-0.3, -0.25) is 0 Å². The Hall–Kier alpha value is -3.17. The Bertz CT molecular complexity index is 1150. The maximum Gasteiger partial charge on any atom is 0.156 e. The van der Waals surface area contributed by atoms with Crippen LogP contribution in [0.25, 0.3) is 10.8 Å². The quantitative estimate of drug-likeness (QED) is 0.716. The van der Waals surface area contributed by atoms with Gasteiger partial charge in [0.05, 0.1) is 23.9 Å². The molecule has 1 aromatic heterocycles. The molecule has 5 rings (SSSR count). The van der Waals surface area contributed by atoms with Crippen LogP contribution in [0.3, 0.4) is 0 Å². The molecule has 2 saturated heterocycles. The second kappa shape index (κ2) is 7.26. The van der Waals surface area contributed by atoms with Gasteiger partial charge in [0, 0.05) is 48.1 Å². The molecule has 0 unspecified atom stereocenters. The van der Waals surface area contributed by atoms with Crippen LogP contribution in [0.1, 0.15) is 28.8 Å². The molecule has 6 nitrogen and oxygen atoms in total. The van der Waals surface area contributed by atoms with Gasteiger partial charge in [0.2, 0.25) is 0 Å². The lowest BCUT2D eigenvalue weighted by Gasteiger charge is -2.48. The summed E-state index contributed by atoms with van der Waals surface area (Å²) in [5.41, 5.74) is 5.30. The highest BCUT2D eigenvalue weighted by Crippen LogP contribution is 2.41. The molecule has 2 aliphatic rings. The van der Waals surface area contributed by atoms with E-state index in [4.69, 9.17) is 4.74 Å². The molecule has 2 aliphatic heterocycles. The Morgan fingerprint density at radius 3 is 2.80 bits per heavy atom. The van der Waals surface area contributed by atoms with Crippen LogP contribution in [-0.2, 0) is 11.3 Å². The van der Waals surface area contributed by atoms with Crippen molar-refractivity contribution in [2.75, 3.05) is 36.5 Å². The van der Waals surface area contributed by atoms with E-state index in [0.717, 1.165) is 66.1 Å². The standard InChI is InChI=1S/C24H25N5O/c1-16-18(11-25)4-3-5-19(16)12-26-23-22-10-20(6-7-21(22)17(2)27-28-23)29-13-24(14-29)8-9-30-15-24/h3-7,10H,8-9,12-15H2,1-2H3,(H,26,28). The fourth-order valence-corrected chi connectivity index (χ4v) is 4.62. The Morgan fingerprint density at radius 1 is 1.17 bits per heavy atom. The number of hydrogen-bond donors (Lipinski definition) is 1. The molecule has 0 atom stereocenters. The highest BCUT2D eigenvalue weighted by molar-refractivity contribution is 5.95. The first kappa shape index (κ1) is 18.8. The zero-order valence-corrected chi connectivity index (χ0v) is 17.4. The van der Waals surface area contributed by atoms with Gasteiger partial charge >= 0.3 is 0 Å². The Morgan fingerprint density at radius 2 is 2.03 bits per heavy atom. The molecule has 1 spiro atoms. The van der Waals surface area contributed by atoms with E-state index < -0.39 is 0 Å². The van der Waals surface area contributed by atoms with Crippen LogP contribution >= 0.6 is 0 Å². The highest BCUT2D eigenvalue weighted by Gasteiger charge is 2.45. The molecular formula is C24H25N5O. The van der Waals surface area contributed by atoms with Gasteiger partial charge in [-0.25, -0.2) is 0 Å². The Labute approximate surface area is 176 Å². The van der Waals surface area contributed by atoms with Crippen molar-refractivity contribution in [3.05, 3.63) is 58.8 Å². The lowest BCUT2D eigenvalue weighted by Crippen LogP contribution is -2.56. The first-order valence-electron chi connectivity index (χ1n) is 10.4. The predicted molar refractivity (Wildman–Crippen MR) is 118 cm³/mol. The van der Waals surface area contributed by atoms with Crippen molar-refractivity contribution >= 4 is 22.3 Å². The van der Waals surface area contributed by atoms with E-state index in [1.807, 2.05) is 32.0 Å². The molecule has 3 aromatic rings. The zero-order valence-electron chi connectivity index (χ0n) is 17.4. The van der Waals surface area contributed by atoms with Crippen molar-refractivity contribution < 1.29 is 4.74 Å². The SMILES string of the molecule is Cc1c(C#N)cccc1CNc1nnc(C)c2ccc(N3CC4(CCOC4)C3)cc12. The Balaban J connectivity index is 1.42. The highest BCUT2D eigenvalue weighted by atomic mass is 16.5. The van der Waals surface area contributed by atoms with Crippen molar-refractivity contribution in [1.29, 1.82) is 5.26 Å². The average molecular weight is 399 g/mol. The first-order chi connectivity index (χ1) is 14.6. The number of aromatic nitrogens is 2. The van der Waals surface area contributed by atoms with Gasteiger partial charge in [-0.1, -0.05) is 18.2 Å². The van der Waals surface area contributed by atoms with Gasteiger partial charge in [0.1, 0.15) is 0 Å². The van der Waals surface area contributed by atoms with E-state index in [-0.39, 0.29) is 0 Å². The van der Waals surface area contributed by atoms with Crippen LogP contribution in [0.15, 0.2) is 36.4 Å². The lowest BCUT2D eigenvalue weighted by atomic mass is 9.79. The number of benzene rings is 2. The molecule has 2 aromatic carbocycles. The van der Waals surface area contributed by atoms with E-state index in [0.29, 0.717) is 17.5 Å². The minimum absolute atomic E-state index is 0.353. The fraction of sp³-hybridized carbons (Fsp3) is 0.375. The summed E-state index contributed by atoms with van der Waals surface area (Å²) in [6.45, 7) is 8.46. The topological polar surface area (TPSA) is 74.1 Å². The van der Waals surface area contributed by atoms with E-state index in [9.17, 15) is 5.26 Å². The van der Waals surface area contributed by atoms with Crippen LogP contribution < -0.4 is 10.2 Å². The number of hydrogen-bond acceptors (Lipinski definition) is 6. The van der Waals surface area contributed by atoms with Gasteiger partial charge in [0.15, 0.2) is 5.82 Å². The third kappa shape index (κ3) is 3.16.